The van der Waals surface area contributed by atoms with Crippen LogP contribution >= 0.6 is 0 Å². The van der Waals surface area contributed by atoms with Crippen LogP contribution < -0.4 is 4.90 Å². The van der Waals surface area contributed by atoms with E-state index in [1.54, 1.807) is 0 Å². The average molecular weight is 492 g/mol. The Hall–Kier alpha value is -3.40. The summed E-state index contributed by atoms with van der Waals surface area (Å²) >= 11 is 0. The minimum Gasteiger partial charge on any atom is -0.373 e. The van der Waals surface area contributed by atoms with Gasteiger partial charge in [0.15, 0.2) is 5.65 Å². The number of halogens is 2. The number of ether oxygens (including phenoxy) is 1. The van der Waals surface area contributed by atoms with Crippen LogP contribution in [0, 0.1) is 11.6 Å². The zero-order valence-corrected chi connectivity index (χ0v) is 20.1. The molecular weight excluding hydrogens is 464 g/mol. The van der Waals surface area contributed by atoms with Crippen LogP contribution in [-0.4, -0.2) is 49.0 Å². The first-order chi connectivity index (χ1) is 17.5. The summed E-state index contributed by atoms with van der Waals surface area (Å²) in [6.45, 7) is 2.43. The maximum atomic E-state index is 15.0. The van der Waals surface area contributed by atoms with Crippen molar-refractivity contribution in [3.05, 3.63) is 53.6 Å². The lowest BCUT2D eigenvalue weighted by molar-refractivity contribution is 0.00396. The smallest absolute Gasteiger partial charge is 0.207 e. The molecule has 1 aromatic carbocycles. The second-order valence-electron chi connectivity index (χ2n) is 10.1. The van der Waals surface area contributed by atoms with Crippen molar-refractivity contribution in [2.24, 2.45) is 7.05 Å². The van der Waals surface area contributed by atoms with Crippen molar-refractivity contribution in [3.63, 3.8) is 0 Å². The molecule has 0 radical (unpaired) electrons. The van der Waals surface area contributed by atoms with Crippen LogP contribution in [0.4, 0.5) is 14.7 Å². The Morgan fingerprint density at radius 3 is 2.67 bits per heavy atom. The zero-order valence-electron chi connectivity index (χ0n) is 20.1. The van der Waals surface area contributed by atoms with E-state index in [2.05, 4.69) is 16.2 Å². The third-order valence-electron chi connectivity index (χ3n) is 7.61. The van der Waals surface area contributed by atoms with Gasteiger partial charge in [0.1, 0.15) is 28.7 Å². The molecule has 2 unspecified atom stereocenters. The van der Waals surface area contributed by atoms with Gasteiger partial charge in [0.2, 0.25) is 5.95 Å². The Bertz CT molecular complexity index is 1460. The first-order valence-corrected chi connectivity index (χ1v) is 12.7. The topological polar surface area (TPSA) is 73.9 Å². The number of nitrogens with zero attached hydrogens (tertiary/aromatic N) is 7. The highest BCUT2D eigenvalue weighted by Gasteiger charge is 2.32. The Morgan fingerprint density at radius 1 is 1.06 bits per heavy atom. The van der Waals surface area contributed by atoms with E-state index in [1.807, 2.05) is 22.5 Å². The fourth-order valence-electron chi connectivity index (χ4n) is 5.29. The fraction of sp³-hybridized carbons (Fsp3) is 0.462. The van der Waals surface area contributed by atoms with Gasteiger partial charge in [-0.05, 0) is 44.2 Å². The quantitative estimate of drug-likeness (QED) is 0.404. The van der Waals surface area contributed by atoms with Gasteiger partial charge in [-0.3, -0.25) is 4.68 Å². The number of benzene rings is 1. The summed E-state index contributed by atoms with van der Waals surface area (Å²) in [4.78, 5) is 16.8. The third kappa shape index (κ3) is 3.66. The molecule has 1 aliphatic carbocycles. The predicted octanol–water partition coefficient (Wildman–Crippen LogP) is 4.69. The lowest BCUT2D eigenvalue weighted by atomic mass is 9.92. The maximum Gasteiger partial charge on any atom is 0.207 e. The minimum absolute atomic E-state index is 0.0224. The van der Waals surface area contributed by atoms with E-state index in [9.17, 15) is 8.78 Å². The standard InChI is InChI=1S/C26H27F2N7O/c1-33-23-22(19-6-3-17(27)12-20(19)28)30-24(31-25(23)32-26(33)34-8-2-9-34)15-7-10-36-21(11-15)16-13-29-35(14-16)18-4-5-18/h3,6,12-15,18,21H,2,4-5,7-11H2,1H3. The molecule has 2 atom stereocenters. The van der Waals surface area contributed by atoms with Gasteiger partial charge in [-0.15, -0.1) is 0 Å². The zero-order chi connectivity index (χ0) is 24.4. The van der Waals surface area contributed by atoms with Crippen molar-refractivity contribution in [1.82, 2.24) is 29.3 Å². The fourth-order valence-corrected chi connectivity index (χ4v) is 5.29. The third-order valence-corrected chi connectivity index (χ3v) is 7.61. The number of aromatic nitrogens is 6. The van der Waals surface area contributed by atoms with Crippen molar-refractivity contribution < 1.29 is 13.5 Å². The van der Waals surface area contributed by atoms with Crippen LogP contribution in [0.15, 0.2) is 30.6 Å². The maximum absolute atomic E-state index is 15.0. The van der Waals surface area contributed by atoms with E-state index in [4.69, 9.17) is 19.7 Å². The molecule has 3 aliphatic rings. The van der Waals surface area contributed by atoms with Crippen molar-refractivity contribution in [1.29, 1.82) is 0 Å². The summed E-state index contributed by atoms with van der Waals surface area (Å²) in [5, 5.41) is 4.52. The van der Waals surface area contributed by atoms with Gasteiger partial charge in [-0.1, -0.05) is 0 Å². The highest BCUT2D eigenvalue weighted by Crippen LogP contribution is 2.40. The molecule has 0 bridgehead atoms. The lowest BCUT2D eigenvalue weighted by Crippen LogP contribution is -2.38. The van der Waals surface area contributed by atoms with Gasteiger partial charge in [-0.2, -0.15) is 10.1 Å². The summed E-state index contributed by atoms with van der Waals surface area (Å²) in [5.74, 6) is 0.174. The molecular formula is C26H27F2N7O. The molecule has 186 valence electrons. The number of fused-ring (bicyclic) bond motifs is 1. The Kier molecular flexibility index (Phi) is 5.06. The summed E-state index contributed by atoms with van der Waals surface area (Å²) in [6.07, 6.45) is 8.82. The van der Waals surface area contributed by atoms with Gasteiger partial charge in [-0.25, -0.2) is 18.7 Å². The van der Waals surface area contributed by atoms with Crippen molar-refractivity contribution in [3.8, 4) is 11.3 Å². The predicted molar refractivity (Wildman–Crippen MR) is 130 cm³/mol. The molecule has 10 heteroatoms. The Labute approximate surface area is 206 Å². The number of aryl methyl sites for hydroxylation is 1. The molecule has 7 rings (SSSR count). The molecule has 0 amide bonds. The number of rotatable bonds is 5. The van der Waals surface area contributed by atoms with Gasteiger partial charge in [0, 0.05) is 56.1 Å². The lowest BCUT2D eigenvalue weighted by Gasteiger charge is -2.31. The van der Waals surface area contributed by atoms with E-state index in [0.717, 1.165) is 43.5 Å². The molecule has 0 spiro atoms. The van der Waals surface area contributed by atoms with Gasteiger partial charge in [0.05, 0.1) is 18.3 Å². The van der Waals surface area contributed by atoms with Crippen molar-refractivity contribution in [2.75, 3.05) is 24.6 Å². The highest BCUT2D eigenvalue weighted by molar-refractivity contribution is 5.89. The van der Waals surface area contributed by atoms with E-state index in [1.165, 1.54) is 25.0 Å². The molecule has 2 aliphatic heterocycles. The van der Waals surface area contributed by atoms with E-state index in [-0.39, 0.29) is 17.6 Å². The molecule has 8 nitrogen and oxygen atoms in total. The van der Waals surface area contributed by atoms with Crippen LogP contribution in [-0.2, 0) is 11.8 Å². The first-order valence-electron chi connectivity index (χ1n) is 12.7. The number of hydrogen-bond acceptors (Lipinski definition) is 6. The summed E-state index contributed by atoms with van der Waals surface area (Å²) in [5.41, 5.74) is 2.94. The first kappa shape index (κ1) is 21.8. The molecule has 4 aromatic rings. The van der Waals surface area contributed by atoms with E-state index >= 15 is 0 Å². The van der Waals surface area contributed by atoms with Gasteiger partial charge >= 0.3 is 0 Å². The van der Waals surface area contributed by atoms with Crippen LogP contribution in [0.5, 0.6) is 0 Å². The van der Waals surface area contributed by atoms with Gasteiger partial charge in [0.25, 0.3) is 0 Å². The largest absolute Gasteiger partial charge is 0.373 e. The number of imidazole rings is 1. The highest BCUT2D eigenvalue weighted by atomic mass is 19.1. The SMILES string of the molecule is Cn1c(N2CCC2)nc2nc(C3CCOC(c4cnn(C5CC5)c4)C3)nc(-c3ccc(F)cc3F)c21. The average Bonchev–Trinajstić information content (AvgIpc) is 3.48. The molecule has 5 heterocycles. The molecule has 3 aromatic heterocycles. The summed E-state index contributed by atoms with van der Waals surface area (Å²) in [6, 6.07) is 4.13. The van der Waals surface area contributed by atoms with Crippen LogP contribution in [0.25, 0.3) is 22.4 Å². The van der Waals surface area contributed by atoms with Crippen molar-refractivity contribution >= 4 is 17.1 Å². The molecule has 2 saturated heterocycles. The Balaban J connectivity index is 1.30. The molecule has 36 heavy (non-hydrogen) atoms. The second kappa shape index (κ2) is 8.33. The normalized spacial score (nSPS) is 22.2. The van der Waals surface area contributed by atoms with Crippen LogP contribution in [0.2, 0.25) is 0 Å². The number of anilines is 1. The number of hydrogen-bond donors (Lipinski definition) is 0. The van der Waals surface area contributed by atoms with Crippen molar-refractivity contribution in [2.45, 2.75) is 50.2 Å². The van der Waals surface area contributed by atoms with Crippen LogP contribution in [0.1, 0.15) is 61.6 Å². The van der Waals surface area contributed by atoms with E-state index < -0.39 is 11.6 Å². The van der Waals surface area contributed by atoms with E-state index in [0.29, 0.717) is 41.8 Å². The molecule has 3 fully saturated rings. The Morgan fingerprint density at radius 2 is 1.92 bits per heavy atom. The molecule has 1 saturated carbocycles. The summed E-state index contributed by atoms with van der Waals surface area (Å²) < 4.78 is 38.8. The molecule has 0 N–H and O–H groups in total. The second-order valence-corrected chi connectivity index (χ2v) is 10.1. The van der Waals surface area contributed by atoms with Crippen LogP contribution in [0.3, 0.4) is 0 Å². The minimum atomic E-state index is -0.648. The van der Waals surface area contributed by atoms with Gasteiger partial charge < -0.3 is 14.2 Å². The summed E-state index contributed by atoms with van der Waals surface area (Å²) in [7, 11) is 1.90. The monoisotopic (exact) mass is 491 g/mol.